The molecule has 0 bridgehead atoms. The van der Waals surface area contributed by atoms with Crippen molar-refractivity contribution in [3.63, 3.8) is 0 Å². The SMILES string of the molecule is COc1c(C)c(OC)c(OC)c(CO)c1CO. The molecule has 5 nitrogen and oxygen atoms in total. The molecule has 0 spiro atoms. The van der Waals surface area contributed by atoms with Gasteiger partial charge in [0.1, 0.15) is 5.75 Å². The van der Waals surface area contributed by atoms with Gasteiger partial charge in [-0.05, 0) is 6.92 Å². The first-order valence-corrected chi connectivity index (χ1v) is 5.18. The molecule has 0 saturated heterocycles. The number of hydrogen-bond donors (Lipinski definition) is 2. The maximum Gasteiger partial charge on any atom is 0.167 e. The van der Waals surface area contributed by atoms with Crippen molar-refractivity contribution >= 4 is 0 Å². The van der Waals surface area contributed by atoms with E-state index in [-0.39, 0.29) is 13.2 Å². The Labute approximate surface area is 101 Å². The smallest absolute Gasteiger partial charge is 0.167 e. The average Bonchev–Trinajstić information content (AvgIpc) is 2.36. The highest BCUT2D eigenvalue weighted by Gasteiger charge is 2.22. The van der Waals surface area contributed by atoms with E-state index in [1.807, 2.05) is 0 Å². The number of ether oxygens (including phenoxy) is 3. The molecule has 5 heteroatoms. The maximum atomic E-state index is 9.39. The van der Waals surface area contributed by atoms with Gasteiger partial charge in [-0.2, -0.15) is 0 Å². The van der Waals surface area contributed by atoms with Gasteiger partial charge >= 0.3 is 0 Å². The molecule has 96 valence electrons. The lowest BCUT2D eigenvalue weighted by Gasteiger charge is -2.20. The van der Waals surface area contributed by atoms with Crippen LogP contribution in [0.5, 0.6) is 17.2 Å². The van der Waals surface area contributed by atoms with E-state index in [1.165, 1.54) is 21.3 Å². The normalized spacial score (nSPS) is 10.2. The summed E-state index contributed by atoms with van der Waals surface area (Å²) in [5.41, 5.74) is 1.73. The molecule has 0 aliphatic rings. The first kappa shape index (κ1) is 13.6. The van der Waals surface area contributed by atoms with Gasteiger partial charge in [-0.3, -0.25) is 0 Å². The molecule has 0 aromatic heterocycles. The number of aliphatic hydroxyl groups is 2. The summed E-state index contributed by atoms with van der Waals surface area (Å²) in [5, 5.41) is 18.8. The molecule has 0 atom stereocenters. The molecule has 0 radical (unpaired) electrons. The summed E-state index contributed by atoms with van der Waals surface area (Å²) < 4.78 is 15.7. The number of aliphatic hydroxyl groups excluding tert-OH is 2. The second-order valence-corrected chi connectivity index (χ2v) is 3.50. The molecular weight excluding hydrogens is 224 g/mol. The van der Waals surface area contributed by atoms with E-state index < -0.39 is 0 Å². The minimum atomic E-state index is -0.258. The van der Waals surface area contributed by atoms with Crippen LogP contribution in [0.2, 0.25) is 0 Å². The van der Waals surface area contributed by atoms with Gasteiger partial charge in [0, 0.05) is 16.7 Å². The van der Waals surface area contributed by atoms with Crippen LogP contribution in [-0.2, 0) is 13.2 Å². The molecular formula is C12H18O5. The van der Waals surface area contributed by atoms with Gasteiger partial charge < -0.3 is 24.4 Å². The Morgan fingerprint density at radius 1 is 0.765 bits per heavy atom. The topological polar surface area (TPSA) is 68.2 Å². The first-order chi connectivity index (χ1) is 8.15. The van der Waals surface area contributed by atoms with Crippen molar-refractivity contribution in [2.24, 2.45) is 0 Å². The second kappa shape index (κ2) is 5.75. The van der Waals surface area contributed by atoms with Crippen LogP contribution in [0.4, 0.5) is 0 Å². The summed E-state index contributed by atoms with van der Waals surface area (Å²) in [6.07, 6.45) is 0. The fourth-order valence-electron chi connectivity index (χ4n) is 1.98. The molecule has 0 heterocycles. The largest absolute Gasteiger partial charge is 0.496 e. The van der Waals surface area contributed by atoms with E-state index in [1.54, 1.807) is 6.92 Å². The van der Waals surface area contributed by atoms with Crippen molar-refractivity contribution in [2.45, 2.75) is 20.1 Å². The lowest BCUT2D eigenvalue weighted by molar-refractivity contribution is 0.244. The third kappa shape index (κ3) is 2.16. The molecule has 2 N–H and O–H groups in total. The van der Waals surface area contributed by atoms with Crippen molar-refractivity contribution in [1.29, 1.82) is 0 Å². The number of hydrogen-bond acceptors (Lipinski definition) is 5. The standard InChI is InChI=1S/C12H18O5/c1-7-10(15-2)8(5-13)9(6-14)12(17-4)11(7)16-3/h13-14H,5-6H2,1-4H3. The fraction of sp³-hybridized carbons (Fsp3) is 0.500. The van der Waals surface area contributed by atoms with Crippen LogP contribution in [0.1, 0.15) is 16.7 Å². The third-order valence-corrected chi connectivity index (χ3v) is 2.73. The molecule has 0 unspecified atom stereocenters. The van der Waals surface area contributed by atoms with E-state index in [0.717, 1.165) is 5.56 Å². The zero-order chi connectivity index (χ0) is 13.0. The minimum Gasteiger partial charge on any atom is -0.496 e. The van der Waals surface area contributed by atoms with Crippen molar-refractivity contribution in [2.75, 3.05) is 21.3 Å². The maximum absolute atomic E-state index is 9.39. The van der Waals surface area contributed by atoms with Gasteiger partial charge in [0.2, 0.25) is 0 Å². The van der Waals surface area contributed by atoms with E-state index in [9.17, 15) is 10.2 Å². The van der Waals surface area contributed by atoms with Crippen LogP contribution in [0.3, 0.4) is 0 Å². The Bertz CT molecular complexity index is 367. The van der Waals surface area contributed by atoms with Gasteiger partial charge in [0.15, 0.2) is 11.5 Å². The summed E-state index contributed by atoms with van der Waals surface area (Å²) in [4.78, 5) is 0. The Morgan fingerprint density at radius 3 is 1.53 bits per heavy atom. The lowest BCUT2D eigenvalue weighted by Crippen LogP contribution is -2.06. The van der Waals surface area contributed by atoms with E-state index in [4.69, 9.17) is 14.2 Å². The number of benzene rings is 1. The summed E-state index contributed by atoms with van der Waals surface area (Å²) in [6, 6.07) is 0. The van der Waals surface area contributed by atoms with Crippen LogP contribution in [-0.4, -0.2) is 31.5 Å². The molecule has 0 fully saturated rings. The molecule has 0 saturated carbocycles. The molecule has 0 amide bonds. The average molecular weight is 242 g/mol. The van der Waals surface area contributed by atoms with Crippen LogP contribution < -0.4 is 14.2 Å². The predicted octanol–water partition coefficient (Wildman–Crippen LogP) is 1.01. The molecule has 17 heavy (non-hydrogen) atoms. The van der Waals surface area contributed by atoms with Crippen LogP contribution in [0, 0.1) is 6.92 Å². The molecule has 1 aromatic carbocycles. The minimum absolute atomic E-state index is 0.236. The lowest BCUT2D eigenvalue weighted by atomic mass is 10.0. The van der Waals surface area contributed by atoms with Crippen LogP contribution in [0.15, 0.2) is 0 Å². The summed E-state index contributed by atoms with van der Waals surface area (Å²) in [6.45, 7) is 1.31. The van der Waals surface area contributed by atoms with Crippen molar-refractivity contribution < 1.29 is 24.4 Å². The zero-order valence-corrected chi connectivity index (χ0v) is 10.5. The highest BCUT2D eigenvalue weighted by Crippen LogP contribution is 2.43. The first-order valence-electron chi connectivity index (χ1n) is 5.18. The Kier molecular flexibility index (Phi) is 4.60. The highest BCUT2D eigenvalue weighted by molar-refractivity contribution is 5.62. The predicted molar refractivity (Wildman–Crippen MR) is 62.7 cm³/mol. The van der Waals surface area contributed by atoms with Crippen LogP contribution >= 0.6 is 0 Å². The van der Waals surface area contributed by atoms with E-state index in [2.05, 4.69) is 0 Å². The molecule has 1 aromatic rings. The third-order valence-electron chi connectivity index (χ3n) is 2.73. The molecule has 1 rings (SSSR count). The quantitative estimate of drug-likeness (QED) is 0.806. The zero-order valence-electron chi connectivity index (χ0n) is 10.5. The van der Waals surface area contributed by atoms with Gasteiger partial charge in [0.05, 0.1) is 34.5 Å². The van der Waals surface area contributed by atoms with E-state index in [0.29, 0.717) is 28.4 Å². The number of methoxy groups -OCH3 is 3. The fourth-order valence-corrected chi connectivity index (χ4v) is 1.98. The molecule has 0 aliphatic carbocycles. The van der Waals surface area contributed by atoms with Crippen LogP contribution in [0.25, 0.3) is 0 Å². The Morgan fingerprint density at radius 2 is 1.18 bits per heavy atom. The highest BCUT2D eigenvalue weighted by atomic mass is 16.5. The monoisotopic (exact) mass is 242 g/mol. The van der Waals surface area contributed by atoms with Crippen molar-refractivity contribution in [1.82, 2.24) is 0 Å². The summed E-state index contributed by atoms with van der Waals surface area (Å²) in [5.74, 6) is 1.44. The second-order valence-electron chi connectivity index (χ2n) is 3.50. The van der Waals surface area contributed by atoms with Crippen molar-refractivity contribution in [3.8, 4) is 17.2 Å². The van der Waals surface area contributed by atoms with Crippen molar-refractivity contribution in [3.05, 3.63) is 16.7 Å². The Balaban J connectivity index is 3.66. The summed E-state index contributed by atoms with van der Waals surface area (Å²) in [7, 11) is 4.52. The van der Waals surface area contributed by atoms with Gasteiger partial charge in [-0.25, -0.2) is 0 Å². The van der Waals surface area contributed by atoms with Gasteiger partial charge in [0.25, 0.3) is 0 Å². The summed E-state index contributed by atoms with van der Waals surface area (Å²) >= 11 is 0. The van der Waals surface area contributed by atoms with Gasteiger partial charge in [-0.1, -0.05) is 0 Å². The number of rotatable bonds is 5. The molecule has 0 aliphatic heterocycles. The Hall–Kier alpha value is -1.46. The van der Waals surface area contributed by atoms with Gasteiger partial charge in [-0.15, -0.1) is 0 Å². The van der Waals surface area contributed by atoms with E-state index >= 15 is 0 Å².